The van der Waals surface area contributed by atoms with Crippen molar-refractivity contribution < 1.29 is 13.2 Å². The molecule has 2 aromatic carbocycles. The molecule has 5 rings (SSSR count). The fourth-order valence-electron chi connectivity index (χ4n) is 4.54. The number of H-pyrrole nitrogens is 2. The summed E-state index contributed by atoms with van der Waals surface area (Å²) in [5.74, 6) is 1.24. The van der Waals surface area contributed by atoms with E-state index < -0.39 is 11.9 Å². The first kappa shape index (κ1) is 24.3. The Balaban J connectivity index is 1.34. The lowest BCUT2D eigenvalue weighted by Crippen LogP contribution is -2.15. The van der Waals surface area contributed by atoms with Crippen molar-refractivity contribution in [3.63, 3.8) is 0 Å². The highest BCUT2D eigenvalue weighted by atomic mass is 19.4. The van der Waals surface area contributed by atoms with E-state index in [9.17, 15) is 13.2 Å². The summed E-state index contributed by atoms with van der Waals surface area (Å²) in [7, 11) is 0. The molecule has 0 bridgehead atoms. The molecular formula is C27H29F3N6. The Morgan fingerprint density at radius 3 is 2.22 bits per heavy atom. The number of rotatable bonds is 8. The maximum absolute atomic E-state index is 13.6. The van der Waals surface area contributed by atoms with Gasteiger partial charge >= 0.3 is 6.18 Å². The van der Waals surface area contributed by atoms with Crippen molar-refractivity contribution in [2.45, 2.75) is 44.9 Å². The van der Waals surface area contributed by atoms with Crippen molar-refractivity contribution in [3.8, 4) is 33.6 Å². The lowest BCUT2D eigenvalue weighted by molar-refractivity contribution is -0.140. The number of aromatic amines is 2. The minimum absolute atomic E-state index is 0.0792. The minimum Gasteiger partial charge on any atom is -0.341 e. The van der Waals surface area contributed by atoms with Crippen molar-refractivity contribution in [1.82, 2.24) is 30.6 Å². The molecule has 0 radical (unpaired) electrons. The van der Waals surface area contributed by atoms with E-state index in [2.05, 4.69) is 30.6 Å². The largest absolute Gasteiger partial charge is 0.433 e. The molecule has 1 aliphatic rings. The monoisotopic (exact) mass is 494 g/mol. The van der Waals surface area contributed by atoms with Crippen molar-refractivity contribution >= 4 is 0 Å². The lowest BCUT2D eigenvalue weighted by atomic mass is 10.0. The van der Waals surface area contributed by atoms with E-state index in [1.165, 1.54) is 0 Å². The molecule has 1 saturated heterocycles. The second-order valence-corrected chi connectivity index (χ2v) is 9.07. The first-order chi connectivity index (χ1) is 17.4. The summed E-state index contributed by atoms with van der Waals surface area (Å²) < 4.78 is 40.9. The molecule has 0 amide bonds. The number of hydrogen-bond donors (Lipinski definition) is 4. The second kappa shape index (κ2) is 10.3. The molecule has 0 saturated carbocycles. The maximum atomic E-state index is 13.6. The van der Waals surface area contributed by atoms with Gasteiger partial charge in [-0.05, 0) is 49.0 Å². The molecular weight excluding hydrogens is 465 g/mol. The zero-order valence-electron chi connectivity index (χ0n) is 20.0. The summed E-state index contributed by atoms with van der Waals surface area (Å²) in [5, 5.41) is 6.53. The fraction of sp³-hybridized carbons (Fsp3) is 0.333. The van der Waals surface area contributed by atoms with Crippen LogP contribution in [-0.4, -0.2) is 33.0 Å². The zero-order chi connectivity index (χ0) is 25.1. The number of benzene rings is 2. The van der Waals surface area contributed by atoms with Gasteiger partial charge in [-0.3, -0.25) is 0 Å². The molecule has 4 aromatic rings. The third-order valence-corrected chi connectivity index (χ3v) is 6.43. The molecule has 0 spiro atoms. The number of nitrogens with one attached hydrogen (secondary N) is 4. The topological polar surface area (TPSA) is 81.4 Å². The van der Waals surface area contributed by atoms with Crippen LogP contribution in [0.3, 0.4) is 0 Å². The summed E-state index contributed by atoms with van der Waals surface area (Å²) >= 11 is 0. The van der Waals surface area contributed by atoms with Crippen LogP contribution >= 0.6 is 0 Å². The summed E-state index contributed by atoms with van der Waals surface area (Å²) in [4.78, 5) is 14.6. The summed E-state index contributed by atoms with van der Waals surface area (Å²) in [6, 6.07) is 15.4. The molecule has 188 valence electrons. The SMILES string of the molecule is CCCNCc1nc(-c2ccc(-c3ccc(-c4cnc([C@@H]5CCCN5)[nH]4)cc3)cc2)c(C(F)(F)F)[nH]1. The van der Waals surface area contributed by atoms with Gasteiger partial charge in [-0.2, -0.15) is 13.2 Å². The third kappa shape index (κ3) is 5.22. The molecule has 9 heteroatoms. The van der Waals surface area contributed by atoms with Crippen molar-refractivity contribution in [2.75, 3.05) is 13.1 Å². The fourth-order valence-corrected chi connectivity index (χ4v) is 4.54. The number of aromatic nitrogens is 4. The van der Waals surface area contributed by atoms with Gasteiger partial charge in [-0.15, -0.1) is 0 Å². The Morgan fingerprint density at radius 2 is 1.61 bits per heavy atom. The normalized spacial score (nSPS) is 16.1. The predicted molar refractivity (Wildman–Crippen MR) is 134 cm³/mol. The molecule has 3 heterocycles. The molecule has 2 aromatic heterocycles. The zero-order valence-corrected chi connectivity index (χ0v) is 20.0. The number of imidazole rings is 2. The van der Waals surface area contributed by atoms with E-state index in [4.69, 9.17) is 0 Å². The summed E-state index contributed by atoms with van der Waals surface area (Å²) in [5.41, 5.74) is 3.41. The van der Waals surface area contributed by atoms with Crippen LogP contribution in [0.25, 0.3) is 33.6 Å². The first-order valence-electron chi connectivity index (χ1n) is 12.3. The van der Waals surface area contributed by atoms with Crippen LogP contribution in [0.1, 0.15) is 49.6 Å². The van der Waals surface area contributed by atoms with Gasteiger partial charge in [0.1, 0.15) is 23.0 Å². The quantitative estimate of drug-likeness (QED) is 0.224. The highest BCUT2D eigenvalue weighted by molar-refractivity contribution is 5.72. The lowest BCUT2D eigenvalue weighted by Gasteiger charge is -2.08. The van der Waals surface area contributed by atoms with E-state index in [1.807, 2.05) is 49.5 Å². The van der Waals surface area contributed by atoms with Crippen LogP contribution in [0.2, 0.25) is 0 Å². The van der Waals surface area contributed by atoms with Crippen LogP contribution in [0, 0.1) is 0 Å². The molecule has 1 atom stereocenters. The highest BCUT2D eigenvalue weighted by Crippen LogP contribution is 2.36. The van der Waals surface area contributed by atoms with Gasteiger partial charge in [0.05, 0.1) is 24.5 Å². The van der Waals surface area contributed by atoms with Crippen molar-refractivity contribution in [3.05, 3.63) is 72.1 Å². The van der Waals surface area contributed by atoms with Crippen molar-refractivity contribution in [2.24, 2.45) is 0 Å². The molecule has 0 aliphatic carbocycles. The van der Waals surface area contributed by atoms with Gasteiger partial charge in [0.2, 0.25) is 0 Å². The van der Waals surface area contributed by atoms with E-state index in [0.717, 1.165) is 54.0 Å². The molecule has 1 aliphatic heterocycles. The molecule has 0 unspecified atom stereocenters. The number of nitrogens with zero attached hydrogens (tertiary/aromatic N) is 2. The number of halogens is 3. The summed E-state index contributed by atoms with van der Waals surface area (Å²) in [6.45, 7) is 3.99. The van der Waals surface area contributed by atoms with Gasteiger partial charge in [-0.1, -0.05) is 55.5 Å². The van der Waals surface area contributed by atoms with E-state index in [1.54, 1.807) is 12.1 Å². The Hall–Kier alpha value is -3.43. The Bertz CT molecular complexity index is 1280. The van der Waals surface area contributed by atoms with Crippen LogP contribution in [0.5, 0.6) is 0 Å². The number of alkyl halides is 3. The Morgan fingerprint density at radius 1 is 0.944 bits per heavy atom. The average Bonchev–Trinajstić information content (AvgIpc) is 3.65. The smallest absolute Gasteiger partial charge is 0.341 e. The first-order valence-corrected chi connectivity index (χ1v) is 12.3. The Labute approximate surface area is 207 Å². The van der Waals surface area contributed by atoms with Gasteiger partial charge in [0.25, 0.3) is 0 Å². The van der Waals surface area contributed by atoms with Crippen LogP contribution < -0.4 is 10.6 Å². The minimum atomic E-state index is -4.51. The van der Waals surface area contributed by atoms with Gasteiger partial charge in [-0.25, -0.2) is 9.97 Å². The summed E-state index contributed by atoms with van der Waals surface area (Å²) in [6.07, 6.45) is 0.474. The highest BCUT2D eigenvalue weighted by Gasteiger charge is 2.37. The second-order valence-electron chi connectivity index (χ2n) is 9.07. The molecule has 4 N–H and O–H groups in total. The van der Waals surface area contributed by atoms with Crippen LogP contribution in [0.4, 0.5) is 13.2 Å². The molecule has 6 nitrogen and oxygen atoms in total. The number of hydrogen-bond acceptors (Lipinski definition) is 4. The van der Waals surface area contributed by atoms with Crippen LogP contribution in [0.15, 0.2) is 54.7 Å². The Kier molecular flexibility index (Phi) is 6.93. The van der Waals surface area contributed by atoms with Gasteiger partial charge in [0, 0.05) is 5.56 Å². The maximum Gasteiger partial charge on any atom is 0.433 e. The molecule has 36 heavy (non-hydrogen) atoms. The van der Waals surface area contributed by atoms with E-state index in [0.29, 0.717) is 12.1 Å². The average molecular weight is 495 g/mol. The van der Waals surface area contributed by atoms with Gasteiger partial charge < -0.3 is 20.6 Å². The van der Waals surface area contributed by atoms with E-state index >= 15 is 0 Å². The third-order valence-electron chi connectivity index (χ3n) is 6.43. The predicted octanol–water partition coefficient (Wildman–Crippen LogP) is 6.08. The van der Waals surface area contributed by atoms with E-state index in [-0.39, 0.29) is 24.1 Å². The standard InChI is InChI=1S/C27H29F3N6/c1-2-13-31-16-23-35-24(25(36-23)27(28,29)30)20-11-7-18(8-12-20)17-5-9-19(10-6-17)22-15-33-26(34-22)21-4-3-14-32-21/h5-12,15,21,31-32H,2-4,13-14,16H2,1H3,(H,33,34)(H,35,36)/t21-/m0/s1. The van der Waals surface area contributed by atoms with Gasteiger partial charge in [0.15, 0.2) is 0 Å². The molecule has 1 fully saturated rings. The van der Waals surface area contributed by atoms with Crippen molar-refractivity contribution in [1.29, 1.82) is 0 Å². The van der Waals surface area contributed by atoms with Crippen LogP contribution in [-0.2, 0) is 12.7 Å².